The summed E-state index contributed by atoms with van der Waals surface area (Å²) in [6, 6.07) is 22.1. The number of nitrogens with zero attached hydrogens (tertiary/aromatic N) is 2. The van der Waals surface area contributed by atoms with Gasteiger partial charge in [0.15, 0.2) is 0 Å². The summed E-state index contributed by atoms with van der Waals surface area (Å²) in [5.74, 6) is 0.425. The largest absolute Gasteiger partial charge is 0.299 e. The molecule has 2 aromatic carbocycles. The van der Waals surface area contributed by atoms with Gasteiger partial charge in [-0.25, -0.2) is 0 Å². The van der Waals surface area contributed by atoms with Crippen molar-refractivity contribution in [1.29, 1.82) is 5.26 Å². The summed E-state index contributed by atoms with van der Waals surface area (Å²) < 4.78 is 0. The molecule has 0 saturated heterocycles. The molecule has 156 valence electrons. The first-order valence-corrected chi connectivity index (χ1v) is 11.3. The van der Waals surface area contributed by atoms with Crippen LogP contribution in [0.4, 0.5) is 0 Å². The van der Waals surface area contributed by atoms with E-state index in [1.54, 1.807) is 6.07 Å². The molecule has 0 spiro atoms. The number of rotatable bonds is 8. The predicted molar refractivity (Wildman–Crippen MR) is 125 cm³/mol. The molecule has 4 atom stereocenters. The van der Waals surface area contributed by atoms with Gasteiger partial charge in [0.05, 0.1) is 16.8 Å². The Morgan fingerprint density at radius 1 is 1.07 bits per heavy atom. The minimum absolute atomic E-state index is 0.0821. The van der Waals surface area contributed by atoms with Crippen LogP contribution in [-0.4, -0.2) is 28.7 Å². The fraction of sp³-hybridized carbons (Fsp3) is 0.480. The quantitative estimate of drug-likeness (QED) is 0.432. The maximum Gasteiger partial charge on any atom is 0.0587 e. The SMILES string of the molecule is CC#N.CCC(CCc1ccc(C2CC(Cl)C2Cl)cc1)N(C)Cc1ccccc1. The van der Waals surface area contributed by atoms with E-state index >= 15 is 0 Å². The molecule has 2 nitrogen and oxygen atoms in total. The van der Waals surface area contributed by atoms with Gasteiger partial charge in [-0.15, -0.1) is 23.2 Å². The monoisotopic (exact) mass is 430 g/mol. The molecule has 4 heteroatoms. The second kappa shape index (κ2) is 12.2. The van der Waals surface area contributed by atoms with Crippen molar-refractivity contribution in [2.75, 3.05) is 7.05 Å². The zero-order chi connectivity index (χ0) is 21.2. The molecule has 1 saturated carbocycles. The molecular weight excluding hydrogens is 399 g/mol. The Kier molecular flexibility index (Phi) is 10.0. The summed E-state index contributed by atoms with van der Waals surface area (Å²) in [5, 5.41) is 7.53. The van der Waals surface area contributed by atoms with Gasteiger partial charge < -0.3 is 0 Å². The van der Waals surface area contributed by atoms with Crippen molar-refractivity contribution in [3.8, 4) is 6.07 Å². The third kappa shape index (κ3) is 7.03. The lowest BCUT2D eigenvalue weighted by Crippen LogP contribution is -2.36. The summed E-state index contributed by atoms with van der Waals surface area (Å²) in [6.07, 6.45) is 4.47. The van der Waals surface area contributed by atoms with Gasteiger partial charge in [-0.05, 0) is 49.4 Å². The van der Waals surface area contributed by atoms with Crippen molar-refractivity contribution < 1.29 is 0 Å². The number of alkyl halides is 2. The second-order valence-corrected chi connectivity index (χ2v) is 8.83. The average molecular weight is 431 g/mol. The molecule has 0 heterocycles. The molecule has 2 aromatic rings. The molecular formula is C25H32Cl2N2. The fourth-order valence-electron chi connectivity index (χ4n) is 3.88. The van der Waals surface area contributed by atoms with Crippen LogP contribution in [0, 0.1) is 11.3 Å². The van der Waals surface area contributed by atoms with Crippen LogP contribution in [0.5, 0.6) is 0 Å². The molecule has 0 N–H and O–H groups in total. The molecule has 0 aliphatic heterocycles. The number of benzene rings is 2. The Bertz CT molecular complexity index is 755. The van der Waals surface area contributed by atoms with E-state index < -0.39 is 0 Å². The highest BCUT2D eigenvalue weighted by Gasteiger charge is 2.39. The molecule has 1 aliphatic rings. The average Bonchev–Trinajstić information content (AvgIpc) is 2.74. The zero-order valence-electron chi connectivity index (χ0n) is 17.7. The lowest BCUT2D eigenvalue weighted by molar-refractivity contribution is 0.216. The van der Waals surface area contributed by atoms with Crippen molar-refractivity contribution in [3.63, 3.8) is 0 Å². The maximum absolute atomic E-state index is 7.32. The first-order chi connectivity index (χ1) is 14.0. The number of hydrogen-bond donors (Lipinski definition) is 0. The van der Waals surface area contributed by atoms with Crippen molar-refractivity contribution in [3.05, 3.63) is 71.3 Å². The number of nitriles is 1. The third-order valence-corrected chi connectivity index (χ3v) is 6.94. The predicted octanol–water partition coefficient (Wildman–Crippen LogP) is 6.76. The van der Waals surface area contributed by atoms with Gasteiger partial charge in [0.25, 0.3) is 0 Å². The first-order valence-electron chi connectivity index (χ1n) is 10.4. The van der Waals surface area contributed by atoms with Crippen LogP contribution in [-0.2, 0) is 13.0 Å². The molecule has 4 unspecified atom stereocenters. The Morgan fingerprint density at radius 2 is 1.69 bits per heavy atom. The number of aryl methyl sites for hydroxylation is 1. The molecule has 0 bridgehead atoms. The molecule has 1 fully saturated rings. The topological polar surface area (TPSA) is 27.0 Å². The smallest absolute Gasteiger partial charge is 0.0587 e. The van der Waals surface area contributed by atoms with E-state index in [1.807, 2.05) is 0 Å². The van der Waals surface area contributed by atoms with Crippen molar-refractivity contribution in [2.45, 2.75) is 68.8 Å². The van der Waals surface area contributed by atoms with Crippen LogP contribution in [0.25, 0.3) is 0 Å². The Balaban J connectivity index is 0.000000941. The molecule has 1 aliphatic carbocycles. The van der Waals surface area contributed by atoms with Gasteiger partial charge in [-0.3, -0.25) is 4.90 Å². The Labute approximate surface area is 186 Å². The van der Waals surface area contributed by atoms with Crippen molar-refractivity contribution in [2.24, 2.45) is 0 Å². The number of hydrogen-bond acceptors (Lipinski definition) is 2. The summed E-state index contributed by atoms with van der Waals surface area (Å²) in [5.41, 5.74) is 4.12. The summed E-state index contributed by atoms with van der Waals surface area (Å²) in [6.45, 7) is 4.73. The third-order valence-electron chi connectivity index (χ3n) is 5.75. The standard InChI is InChI=1S/C23H29Cl2N.C2H3N/c1-3-20(26(2)16-18-7-5-4-6-8-18)14-11-17-9-12-19(13-10-17)21-15-22(24)23(21)25;1-2-3/h4-10,12-13,20-23H,3,11,14-16H2,1-2H3;1H3. The van der Waals surface area contributed by atoms with Gasteiger partial charge in [-0.2, -0.15) is 5.26 Å². The minimum Gasteiger partial charge on any atom is -0.299 e. The summed E-state index contributed by atoms with van der Waals surface area (Å²) >= 11 is 12.5. The highest BCUT2D eigenvalue weighted by atomic mass is 35.5. The van der Waals surface area contributed by atoms with Crippen LogP contribution < -0.4 is 0 Å². The van der Waals surface area contributed by atoms with Crippen LogP contribution in [0.2, 0.25) is 0 Å². The van der Waals surface area contributed by atoms with Crippen LogP contribution in [0.1, 0.15) is 55.7 Å². The Morgan fingerprint density at radius 3 is 2.21 bits per heavy atom. The second-order valence-electron chi connectivity index (χ2n) is 7.77. The van der Waals surface area contributed by atoms with Crippen LogP contribution in [0.3, 0.4) is 0 Å². The zero-order valence-corrected chi connectivity index (χ0v) is 19.2. The van der Waals surface area contributed by atoms with E-state index in [2.05, 4.69) is 73.5 Å². The van der Waals surface area contributed by atoms with Crippen molar-refractivity contribution >= 4 is 23.2 Å². The Hall–Kier alpha value is -1.53. The summed E-state index contributed by atoms with van der Waals surface area (Å²) in [7, 11) is 2.24. The van der Waals surface area contributed by atoms with E-state index in [1.165, 1.54) is 36.5 Å². The minimum atomic E-state index is 0.0821. The van der Waals surface area contributed by atoms with E-state index in [0.717, 1.165) is 19.4 Å². The van der Waals surface area contributed by atoms with E-state index in [-0.39, 0.29) is 10.8 Å². The first kappa shape index (κ1) is 23.7. The van der Waals surface area contributed by atoms with Gasteiger partial charge in [0, 0.05) is 25.4 Å². The van der Waals surface area contributed by atoms with E-state index in [4.69, 9.17) is 28.5 Å². The fourth-order valence-corrected chi connectivity index (χ4v) is 4.60. The van der Waals surface area contributed by atoms with E-state index in [9.17, 15) is 0 Å². The highest BCUT2D eigenvalue weighted by molar-refractivity contribution is 6.31. The molecule has 0 amide bonds. The normalized spacial score (nSPS) is 21.5. The van der Waals surface area contributed by atoms with Crippen LogP contribution >= 0.6 is 23.2 Å². The molecule has 3 rings (SSSR count). The number of halogens is 2. The van der Waals surface area contributed by atoms with Gasteiger partial charge >= 0.3 is 0 Å². The molecule has 0 aromatic heterocycles. The molecule has 29 heavy (non-hydrogen) atoms. The van der Waals surface area contributed by atoms with Gasteiger partial charge in [0.1, 0.15) is 0 Å². The molecule has 0 radical (unpaired) electrons. The van der Waals surface area contributed by atoms with Gasteiger partial charge in [-0.1, -0.05) is 61.5 Å². The summed E-state index contributed by atoms with van der Waals surface area (Å²) in [4.78, 5) is 2.48. The maximum atomic E-state index is 7.32. The van der Waals surface area contributed by atoms with Gasteiger partial charge in [0.2, 0.25) is 0 Å². The lowest BCUT2D eigenvalue weighted by atomic mass is 9.78. The van der Waals surface area contributed by atoms with Crippen molar-refractivity contribution in [1.82, 2.24) is 4.90 Å². The van der Waals surface area contributed by atoms with E-state index in [0.29, 0.717) is 12.0 Å². The lowest BCUT2D eigenvalue weighted by Gasteiger charge is -2.37. The van der Waals surface area contributed by atoms with Crippen LogP contribution in [0.15, 0.2) is 54.6 Å². The highest BCUT2D eigenvalue weighted by Crippen LogP contribution is 2.44.